The maximum atomic E-state index is 11.0. The fraction of sp³-hybridized carbons (Fsp3) is 0.545. The third-order valence-electron chi connectivity index (χ3n) is 2.83. The molecule has 0 fully saturated rings. The highest BCUT2D eigenvalue weighted by molar-refractivity contribution is 7.12. The first kappa shape index (κ1) is 11.1. The van der Waals surface area contributed by atoms with E-state index in [2.05, 4.69) is 11.1 Å². The zero-order valence-corrected chi connectivity index (χ0v) is 9.97. The first-order valence-corrected chi connectivity index (χ1v) is 5.91. The van der Waals surface area contributed by atoms with Gasteiger partial charge in [-0.05, 0) is 26.7 Å². The largest absolute Gasteiger partial charge is 0.481 e. The molecule has 0 bridgehead atoms. The summed E-state index contributed by atoms with van der Waals surface area (Å²) in [5, 5.41) is 18.8. The molecule has 0 saturated carbocycles. The number of hydrogen-bond donors (Lipinski definition) is 1. The van der Waals surface area contributed by atoms with Gasteiger partial charge in [-0.15, -0.1) is 11.3 Å². The van der Waals surface area contributed by atoms with E-state index in [4.69, 9.17) is 10.4 Å². The zero-order chi connectivity index (χ0) is 11.9. The fourth-order valence-corrected chi connectivity index (χ4v) is 2.97. The number of aliphatic carboxylic acids is 1. The molecule has 5 heteroatoms. The Labute approximate surface area is 97.6 Å². The average molecular weight is 236 g/mol. The van der Waals surface area contributed by atoms with E-state index in [1.165, 1.54) is 11.3 Å². The molecule has 0 aliphatic heterocycles. The summed E-state index contributed by atoms with van der Waals surface area (Å²) in [7, 11) is 0. The number of fused-ring (bicyclic) bond motifs is 1. The molecular formula is C11H12N2O2S. The van der Waals surface area contributed by atoms with Gasteiger partial charge in [-0.1, -0.05) is 0 Å². The maximum Gasteiger partial charge on any atom is 0.312 e. The van der Waals surface area contributed by atoms with Gasteiger partial charge in [-0.25, -0.2) is 4.98 Å². The topological polar surface area (TPSA) is 74.0 Å². The fourth-order valence-electron chi connectivity index (χ4n) is 1.78. The second kappa shape index (κ2) is 3.56. The molecule has 0 radical (unpaired) electrons. The third-order valence-corrected chi connectivity index (χ3v) is 4.28. The molecule has 2 rings (SSSR count). The predicted octanol–water partition coefficient (Wildman–Crippen LogP) is 2.06. The summed E-state index contributed by atoms with van der Waals surface area (Å²) >= 11 is 1.48. The van der Waals surface area contributed by atoms with Crippen molar-refractivity contribution in [2.45, 2.75) is 38.0 Å². The summed E-state index contributed by atoms with van der Waals surface area (Å²) in [6.07, 6.45) is 1.40. The first-order chi connectivity index (χ1) is 7.45. The monoisotopic (exact) mass is 236 g/mol. The zero-order valence-electron chi connectivity index (χ0n) is 9.15. The van der Waals surface area contributed by atoms with Crippen LogP contribution in [0.5, 0.6) is 0 Å². The highest BCUT2D eigenvalue weighted by Gasteiger charge is 2.35. The molecule has 1 heterocycles. The maximum absolute atomic E-state index is 11.0. The lowest BCUT2D eigenvalue weighted by Crippen LogP contribution is -2.15. The van der Waals surface area contributed by atoms with Crippen molar-refractivity contribution in [1.29, 1.82) is 5.26 Å². The number of rotatable bonds is 2. The Hall–Kier alpha value is -1.41. The molecule has 16 heavy (non-hydrogen) atoms. The van der Waals surface area contributed by atoms with Crippen molar-refractivity contribution in [1.82, 2.24) is 4.98 Å². The Morgan fingerprint density at radius 2 is 2.38 bits per heavy atom. The van der Waals surface area contributed by atoms with Crippen LogP contribution >= 0.6 is 11.3 Å². The van der Waals surface area contributed by atoms with E-state index in [-0.39, 0.29) is 0 Å². The highest BCUT2D eigenvalue weighted by atomic mass is 32.1. The minimum Gasteiger partial charge on any atom is -0.481 e. The number of nitrogens with zero attached hydrogens (tertiary/aromatic N) is 2. The van der Waals surface area contributed by atoms with Gasteiger partial charge in [0.25, 0.3) is 0 Å². The van der Waals surface area contributed by atoms with Crippen LogP contribution in [0.1, 0.15) is 41.8 Å². The highest BCUT2D eigenvalue weighted by Crippen LogP contribution is 2.39. The van der Waals surface area contributed by atoms with E-state index < -0.39 is 17.3 Å². The summed E-state index contributed by atoms with van der Waals surface area (Å²) in [4.78, 5) is 16.4. The number of carbonyl (C=O) groups is 1. The molecule has 1 N–H and O–H groups in total. The first-order valence-electron chi connectivity index (χ1n) is 5.10. The van der Waals surface area contributed by atoms with Gasteiger partial charge in [0.15, 0.2) is 0 Å². The van der Waals surface area contributed by atoms with Gasteiger partial charge in [-0.2, -0.15) is 5.26 Å². The van der Waals surface area contributed by atoms with Crippen molar-refractivity contribution in [3.05, 3.63) is 15.6 Å². The molecule has 4 nitrogen and oxygen atoms in total. The molecule has 1 aliphatic carbocycles. The molecule has 1 aromatic heterocycles. The number of carboxylic acids is 1. The van der Waals surface area contributed by atoms with E-state index in [9.17, 15) is 4.79 Å². The molecule has 1 unspecified atom stereocenters. The normalized spacial score (nSPS) is 19.2. The van der Waals surface area contributed by atoms with Gasteiger partial charge in [0.2, 0.25) is 0 Å². The second-order valence-corrected chi connectivity index (χ2v) is 5.58. The summed E-state index contributed by atoms with van der Waals surface area (Å²) < 4.78 is 0. The quantitative estimate of drug-likeness (QED) is 0.852. The van der Waals surface area contributed by atoms with Gasteiger partial charge < -0.3 is 5.11 Å². The molecule has 1 atom stereocenters. The molecule has 0 amide bonds. The van der Waals surface area contributed by atoms with E-state index in [0.717, 1.165) is 16.3 Å². The summed E-state index contributed by atoms with van der Waals surface area (Å²) in [6.45, 7) is 3.60. The van der Waals surface area contributed by atoms with Crippen LogP contribution in [0, 0.1) is 11.3 Å². The number of aromatic nitrogens is 1. The van der Waals surface area contributed by atoms with Gasteiger partial charge >= 0.3 is 5.97 Å². The van der Waals surface area contributed by atoms with Crippen LogP contribution in [0.25, 0.3) is 0 Å². The molecule has 84 valence electrons. The molecule has 1 aliphatic rings. The van der Waals surface area contributed by atoms with Gasteiger partial charge in [0.1, 0.15) is 16.3 Å². The van der Waals surface area contributed by atoms with Crippen molar-refractivity contribution >= 4 is 17.3 Å². The Kier molecular flexibility index (Phi) is 2.47. The van der Waals surface area contributed by atoms with Crippen molar-refractivity contribution in [2.24, 2.45) is 0 Å². The summed E-state index contributed by atoms with van der Waals surface area (Å²) in [5.74, 6) is -1.29. The minimum absolute atomic E-state index is 0.477. The minimum atomic E-state index is -0.814. The van der Waals surface area contributed by atoms with E-state index in [1.54, 1.807) is 13.8 Å². The number of carboxylic acid groups (broad SMARTS) is 1. The lowest BCUT2D eigenvalue weighted by Gasteiger charge is -2.11. The lowest BCUT2D eigenvalue weighted by atomic mass is 9.97. The standard InChI is InChI=1S/C11H12N2O2S/c1-11(2,5-12)10-13-8-6(9(14)15)3-4-7(8)16-10/h6H,3-4H2,1-2H3,(H,14,15). The van der Waals surface area contributed by atoms with Gasteiger partial charge in [0.05, 0.1) is 11.8 Å². The van der Waals surface area contributed by atoms with Crippen molar-refractivity contribution in [3.8, 4) is 6.07 Å². The van der Waals surface area contributed by atoms with Gasteiger partial charge in [0, 0.05) is 4.88 Å². The van der Waals surface area contributed by atoms with E-state index >= 15 is 0 Å². The van der Waals surface area contributed by atoms with Gasteiger partial charge in [-0.3, -0.25) is 4.79 Å². The van der Waals surface area contributed by atoms with Crippen LogP contribution in [0.15, 0.2) is 0 Å². The van der Waals surface area contributed by atoms with Crippen molar-refractivity contribution in [3.63, 3.8) is 0 Å². The van der Waals surface area contributed by atoms with Crippen LogP contribution in [0.4, 0.5) is 0 Å². The number of aryl methyl sites for hydroxylation is 1. The molecular weight excluding hydrogens is 224 g/mol. The molecule has 1 aromatic rings. The average Bonchev–Trinajstić information content (AvgIpc) is 2.75. The van der Waals surface area contributed by atoms with Crippen LogP contribution in [-0.2, 0) is 16.6 Å². The van der Waals surface area contributed by atoms with E-state index in [0.29, 0.717) is 12.1 Å². The van der Waals surface area contributed by atoms with Crippen molar-refractivity contribution < 1.29 is 9.90 Å². The van der Waals surface area contributed by atoms with Crippen molar-refractivity contribution in [2.75, 3.05) is 0 Å². The second-order valence-electron chi connectivity index (χ2n) is 4.49. The summed E-state index contributed by atoms with van der Waals surface area (Å²) in [5.41, 5.74) is 0.0498. The Bertz CT molecular complexity index is 485. The SMILES string of the molecule is CC(C)(C#N)c1nc2c(s1)CCC2C(=O)O. The van der Waals surface area contributed by atoms with Crippen LogP contribution in [0.2, 0.25) is 0 Å². The number of thiazole rings is 1. The van der Waals surface area contributed by atoms with E-state index in [1.807, 2.05) is 0 Å². The Morgan fingerprint density at radius 1 is 1.69 bits per heavy atom. The lowest BCUT2D eigenvalue weighted by molar-refractivity contribution is -0.138. The van der Waals surface area contributed by atoms with Crippen LogP contribution in [-0.4, -0.2) is 16.1 Å². The van der Waals surface area contributed by atoms with Crippen LogP contribution < -0.4 is 0 Å². The molecule has 0 aromatic carbocycles. The smallest absolute Gasteiger partial charge is 0.312 e. The number of hydrogen-bond acceptors (Lipinski definition) is 4. The third kappa shape index (κ3) is 1.59. The number of nitriles is 1. The predicted molar refractivity (Wildman–Crippen MR) is 59.5 cm³/mol. The Balaban J connectivity index is 2.41. The molecule has 0 saturated heterocycles. The molecule has 0 spiro atoms. The van der Waals surface area contributed by atoms with Crippen LogP contribution in [0.3, 0.4) is 0 Å². The Morgan fingerprint density at radius 3 is 2.94 bits per heavy atom. The summed E-state index contributed by atoms with van der Waals surface area (Å²) in [6, 6.07) is 2.19.